The first-order valence-electron chi connectivity index (χ1n) is 12.3. The average Bonchev–Trinajstić information content (AvgIpc) is 2.79. The molecule has 4 aromatic carbocycles. The molecule has 0 bridgehead atoms. The Balaban J connectivity index is 1.86. The van der Waals surface area contributed by atoms with E-state index < -0.39 is 13.3 Å². The molecule has 2 heterocycles. The number of benzene rings is 4. The number of pyridine rings is 1. The van der Waals surface area contributed by atoms with Gasteiger partial charge in [-0.1, -0.05) is 0 Å². The zero-order chi connectivity index (χ0) is 23.9. The van der Waals surface area contributed by atoms with Crippen molar-refractivity contribution in [3.05, 3.63) is 71.9 Å². The molecule has 1 aliphatic rings. The van der Waals surface area contributed by atoms with Gasteiger partial charge in [-0.3, -0.25) is 0 Å². The van der Waals surface area contributed by atoms with Gasteiger partial charge in [-0.2, -0.15) is 0 Å². The van der Waals surface area contributed by atoms with Crippen molar-refractivity contribution in [3.63, 3.8) is 0 Å². The van der Waals surface area contributed by atoms with Crippen LogP contribution in [-0.2, 0) is 7.05 Å². The summed E-state index contributed by atoms with van der Waals surface area (Å²) in [5, 5.41) is 8.53. The number of hydrogen-bond acceptors (Lipinski definition) is 1. The minimum atomic E-state index is -2.07. The quantitative estimate of drug-likeness (QED) is 0.126. The summed E-state index contributed by atoms with van der Waals surface area (Å²) in [6.07, 6.45) is 2.29. The Kier molecular flexibility index (Phi) is 4.96. The Labute approximate surface area is 209 Å². The van der Waals surface area contributed by atoms with Gasteiger partial charge >= 0.3 is 210 Å². The normalized spacial score (nSPS) is 13.3. The fourth-order valence-corrected chi connectivity index (χ4v) is 10.9. The summed E-state index contributed by atoms with van der Waals surface area (Å²) in [5.41, 5.74) is 5.70. The van der Waals surface area contributed by atoms with Gasteiger partial charge in [0, 0.05) is 0 Å². The van der Waals surface area contributed by atoms with Crippen molar-refractivity contribution in [2.75, 3.05) is 0 Å². The van der Waals surface area contributed by atoms with Crippen molar-refractivity contribution in [1.82, 2.24) is 0 Å². The van der Waals surface area contributed by atoms with Gasteiger partial charge in [-0.05, 0) is 0 Å². The second-order valence-electron chi connectivity index (χ2n) is 11.1. The molecule has 0 aliphatic carbocycles. The molecule has 3 heteroatoms. The number of nitrogens with zero attached hydrogens (tertiary/aromatic N) is 1. The maximum absolute atomic E-state index is 2.51. The molecule has 0 unspecified atom stereocenters. The van der Waals surface area contributed by atoms with E-state index in [1.165, 1.54) is 64.5 Å². The molecule has 34 heavy (non-hydrogen) atoms. The average molecular weight is 523 g/mol. The van der Waals surface area contributed by atoms with Gasteiger partial charge < -0.3 is 0 Å². The van der Waals surface area contributed by atoms with Gasteiger partial charge in [0.2, 0.25) is 0 Å². The predicted molar refractivity (Wildman–Crippen MR) is 152 cm³/mol. The molecule has 0 N–H and O–H groups in total. The van der Waals surface area contributed by atoms with Crippen LogP contribution in [0, 0.1) is 6.92 Å². The topological polar surface area (TPSA) is 3.88 Å². The van der Waals surface area contributed by atoms with Crippen molar-refractivity contribution in [2.45, 2.75) is 53.7 Å². The zero-order valence-corrected chi connectivity index (χ0v) is 24.1. The number of hydrogen-bond donors (Lipinski definition) is 0. The molecular formula is C31H32GeNS+. The minimum absolute atomic E-state index is 0.457. The standard InChI is InChI=1S/C31H32GeNS/c1-18(2)26-22-13-9-8-12-21(22)19(3)27-30-29-23(15-16-33(30)7)28-20(17-25(29)34-31(26)27)11-10-14-24(28)32(4,5)6/h8-18H,1-7H3/q+1. The Morgan fingerprint density at radius 1 is 0.853 bits per heavy atom. The molecule has 0 atom stereocenters. The monoisotopic (exact) mass is 524 g/mol. The molecule has 0 fully saturated rings. The summed E-state index contributed by atoms with van der Waals surface area (Å²) < 4.78 is 3.97. The zero-order valence-electron chi connectivity index (χ0n) is 21.2. The van der Waals surface area contributed by atoms with Gasteiger partial charge in [0.05, 0.1) is 0 Å². The van der Waals surface area contributed by atoms with Crippen molar-refractivity contribution < 1.29 is 4.57 Å². The molecule has 0 spiro atoms. The Morgan fingerprint density at radius 3 is 2.29 bits per heavy atom. The van der Waals surface area contributed by atoms with Crippen LogP contribution in [0.2, 0.25) is 17.3 Å². The summed E-state index contributed by atoms with van der Waals surface area (Å²) in [7, 11) is 2.22. The summed E-state index contributed by atoms with van der Waals surface area (Å²) in [5.74, 6) is 8.00. The molecule has 170 valence electrons. The second kappa shape index (κ2) is 7.60. The van der Waals surface area contributed by atoms with E-state index in [2.05, 4.69) is 110 Å². The van der Waals surface area contributed by atoms with E-state index in [1.54, 1.807) is 4.40 Å². The second-order valence-corrected chi connectivity index (χ2v) is 22.8. The summed E-state index contributed by atoms with van der Waals surface area (Å²) >= 11 is -0.0718. The molecule has 0 saturated carbocycles. The van der Waals surface area contributed by atoms with Gasteiger partial charge in [0.25, 0.3) is 0 Å². The number of rotatable bonds is 2. The third kappa shape index (κ3) is 3.04. The van der Waals surface area contributed by atoms with E-state index in [1.807, 2.05) is 11.8 Å². The Hall–Kier alpha value is -2.30. The summed E-state index contributed by atoms with van der Waals surface area (Å²) in [6.45, 7) is 7.01. The fourth-order valence-electron chi connectivity index (χ4n) is 6.00. The summed E-state index contributed by atoms with van der Waals surface area (Å²) in [6, 6.07) is 20.8. The van der Waals surface area contributed by atoms with Gasteiger partial charge in [0.1, 0.15) is 0 Å². The maximum atomic E-state index is 2.51. The van der Waals surface area contributed by atoms with E-state index in [0.717, 1.165) is 0 Å². The van der Waals surface area contributed by atoms with Crippen LogP contribution in [0.4, 0.5) is 0 Å². The molecule has 0 radical (unpaired) electrons. The van der Waals surface area contributed by atoms with Gasteiger partial charge in [-0.15, -0.1) is 0 Å². The van der Waals surface area contributed by atoms with Crippen LogP contribution in [-0.4, -0.2) is 13.3 Å². The number of aryl methyl sites for hydroxylation is 2. The summed E-state index contributed by atoms with van der Waals surface area (Å²) in [4.78, 5) is 2.85. The van der Waals surface area contributed by atoms with Crippen molar-refractivity contribution in [3.8, 4) is 11.3 Å². The van der Waals surface area contributed by atoms with E-state index in [9.17, 15) is 0 Å². The molecule has 0 amide bonds. The molecule has 1 nitrogen and oxygen atoms in total. The van der Waals surface area contributed by atoms with E-state index in [-0.39, 0.29) is 0 Å². The number of fused-ring (bicyclic) bond motifs is 5. The third-order valence-electron chi connectivity index (χ3n) is 7.52. The molecular weight excluding hydrogens is 491 g/mol. The number of aromatic nitrogens is 1. The van der Waals surface area contributed by atoms with Crippen LogP contribution in [0.3, 0.4) is 0 Å². The van der Waals surface area contributed by atoms with E-state index in [0.29, 0.717) is 5.92 Å². The Bertz CT molecular complexity index is 1660. The van der Waals surface area contributed by atoms with E-state index >= 15 is 0 Å². The van der Waals surface area contributed by atoms with Crippen LogP contribution in [0.15, 0.2) is 70.6 Å². The van der Waals surface area contributed by atoms with Crippen LogP contribution in [0.1, 0.15) is 30.9 Å². The van der Waals surface area contributed by atoms with Crippen LogP contribution in [0.25, 0.3) is 43.6 Å². The fraction of sp³-hybridized carbons (Fsp3) is 0.258. The first-order valence-corrected chi connectivity index (χ1v) is 20.5. The van der Waals surface area contributed by atoms with E-state index in [4.69, 9.17) is 0 Å². The van der Waals surface area contributed by atoms with Gasteiger partial charge in [-0.25, -0.2) is 0 Å². The van der Waals surface area contributed by atoms with Crippen LogP contribution in [0.5, 0.6) is 0 Å². The molecule has 6 rings (SSSR count). The molecule has 0 saturated heterocycles. The van der Waals surface area contributed by atoms with Crippen molar-refractivity contribution in [1.29, 1.82) is 0 Å². The van der Waals surface area contributed by atoms with Crippen LogP contribution >= 0.6 is 11.8 Å². The van der Waals surface area contributed by atoms with Gasteiger partial charge in [0.15, 0.2) is 0 Å². The Morgan fingerprint density at radius 2 is 1.59 bits per heavy atom. The molecule has 1 aromatic heterocycles. The van der Waals surface area contributed by atoms with Crippen molar-refractivity contribution in [2.24, 2.45) is 7.05 Å². The molecule has 5 aromatic rings. The third-order valence-corrected chi connectivity index (χ3v) is 13.0. The first-order chi connectivity index (χ1) is 16.2. The SMILES string of the molecule is Cc1c2c(c(C(C)C)c3ccccc13)Sc1cc3ccc[c]([Ge]([CH3])([CH3])[CH3])c3c3cc[n+](C)c-2c13. The molecule has 1 aliphatic heterocycles. The first kappa shape index (κ1) is 22.2. The van der Waals surface area contributed by atoms with Crippen LogP contribution < -0.4 is 8.96 Å². The van der Waals surface area contributed by atoms with Crippen molar-refractivity contribution >= 4 is 61.7 Å². The predicted octanol–water partition coefficient (Wildman–Crippen LogP) is 8.08.